The number of aromatic nitrogens is 9. The van der Waals surface area contributed by atoms with Gasteiger partial charge < -0.3 is 30.0 Å². The highest BCUT2D eigenvalue weighted by Gasteiger charge is 2.74. The van der Waals surface area contributed by atoms with Crippen molar-refractivity contribution < 1.29 is 42.0 Å². The van der Waals surface area contributed by atoms with Crippen LogP contribution in [0.15, 0.2) is 17.4 Å². The number of H-pyrrole nitrogens is 1. The molecular weight excluding hydrogens is 658 g/mol. The number of nitrogens with one attached hydrogen (secondary N) is 1. The van der Waals surface area contributed by atoms with Crippen LogP contribution in [-0.4, -0.2) is 92.1 Å². The fourth-order valence-corrected chi connectivity index (χ4v) is 9.31. The van der Waals surface area contributed by atoms with Gasteiger partial charge in [0.25, 0.3) is 5.56 Å². The molecule has 0 amide bonds. The maximum Gasteiger partial charge on any atom is 0.472 e. The summed E-state index contributed by atoms with van der Waals surface area (Å²) in [7, 11) is -4.81. The SMILES string of the molecule is Cc1nc2c(nnn2[C@@H]2O[C@@H]3CO[P@@](=O)(S)O[C@H]4[C@@H](O)[C@H](n5cnc6c(N)ncnc65)[C@H]5CC54COP(=O)(O)O[C@@H]2C3)c(=O)[nH]1. The minimum Gasteiger partial charge on any atom is -0.388 e. The zero-order chi connectivity index (χ0) is 31.5. The Kier molecular flexibility index (Phi) is 6.62. The van der Waals surface area contributed by atoms with Gasteiger partial charge in [-0.25, -0.2) is 29.1 Å². The molecule has 10 atom stereocenters. The van der Waals surface area contributed by atoms with Crippen molar-refractivity contribution in [1.82, 2.24) is 44.5 Å². The number of aryl methyl sites for hydroxylation is 1. The topological polar surface area (TPSA) is 267 Å². The number of thiol groups is 1. The van der Waals surface area contributed by atoms with E-state index in [0.29, 0.717) is 17.6 Å². The Bertz CT molecular complexity index is 2010. The second-order valence-electron chi connectivity index (χ2n) is 11.5. The first-order valence-corrected chi connectivity index (χ1v) is 17.9. The number of nitrogen functional groups attached to an aromatic ring is 1. The molecule has 0 radical (unpaired) electrons. The quantitative estimate of drug-likeness (QED) is 0.141. The van der Waals surface area contributed by atoms with Gasteiger partial charge in [0, 0.05) is 11.8 Å². The van der Waals surface area contributed by atoms with Crippen molar-refractivity contribution in [2.45, 2.75) is 56.5 Å². The van der Waals surface area contributed by atoms with Crippen LogP contribution in [0.4, 0.5) is 5.82 Å². The van der Waals surface area contributed by atoms with E-state index >= 15 is 0 Å². The maximum atomic E-state index is 13.6. The van der Waals surface area contributed by atoms with Gasteiger partial charge in [-0.3, -0.25) is 22.9 Å². The Morgan fingerprint density at radius 3 is 2.82 bits per heavy atom. The molecule has 2 saturated heterocycles. The monoisotopic (exact) mass is 684 g/mol. The van der Waals surface area contributed by atoms with Gasteiger partial charge >= 0.3 is 14.6 Å². The summed E-state index contributed by atoms with van der Waals surface area (Å²) in [6.07, 6.45) is -2.65. The van der Waals surface area contributed by atoms with Gasteiger partial charge in [-0.1, -0.05) is 17.5 Å². The molecule has 4 aromatic rings. The minimum atomic E-state index is -4.81. The molecule has 2 unspecified atom stereocenters. The highest BCUT2D eigenvalue weighted by atomic mass is 32.7. The van der Waals surface area contributed by atoms with Crippen LogP contribution in [0.5, 0.6) is 0 Å². The van der Waals surface area contributed by atoms with Crippen LogP contribution < -0.4 is 11.3 Å². The number of hydrogen-bond donors (Lipinski definition) is 5. The second kappa shape index (κ2) is 10.1. The Balaban J connectivity index is 1.12. The number of ether oxygens (including phenoxy) is 1. The summed E-state index contributed by atoms with van der Waals surface area (Å²) in [4.78, 5) is 42.6. The summed E-state index contributed by atoms with van der Waals surface area (Å²) in [6, 6.07) is -0.707. The van der Waals surface area contributed by atoms with E-state index < -0.39 is 68.9 Å². The van der Waals surface area contributed by atoms with E-state index in [9.17, 15) is 23.9 Å². The third kappa shape index (κ3) is 4.76. The molecular formula is C22H26N10O10P2S. The van der Waals surface area contributed by atoms with Crippen LogP contribution in [0.2, 0.25) is 0 Å². The van der Waals surface area contributed by atoms with Crippen molar-refractivity contribution in [2.24, 2.45) is 11.3 Å². The number of aliphatic hydroxyl groups excluding tert-OH is 1. The molecule has 2 aliphatic carbocycles. The van der Waals surface area contributed by atoms with Gasteiger partial charge in [-0.2, -0.15) is 4.68 Å². The van der Waals surface area contributed by atoms with Crippen LogP contribution in [0.1, 0.15) is 30.9 Å². The molecule has 5 N–H and O–H groups in total. The molecule has 23 heteroatoms. The van der Waals surface area contributed by atoms with Gasteiger partial charge in [0.15, 0.2) is 28.9 Å². The Hall–Kier alpha value is -2.84. The molecule has 2 bridgehead atoms. The summed E-state index contributed by atoms with van der Waals surface area (Å²) in [6.45, 7) is -3.35. The first-order chi connectivity index (χ1) is 21.4. The number of nitrogens with two attached hydrogens (primary N) is 1. The van der Waals surface area contributed by atoms with Crippen LogP contribution in [0, 0.1) is 18.3 Å². The zero-order valence-electron chi connectivity index (χ0n) is 23.2. The summed E-state index contributed by atoms with van der Waals surface area (Å²) in [5, 5.41) is 19.4. The summed E-state index contributed by atoms with van der Waals surface area (Å²) >= 11 is 4.18. The van der Waals surface area contributed by atoms with Crippen molar-refractivity contribution >= 4 is 55.0 Å². The van der Waals surface area contributed by atoms with Crippen LogP contribution in [-0.2, 0) is 32.0 Å². The summed E-state index contributed by atoms with van der Waals surface area (Å²) in [5.41, 5.74) is 5.01. The standard InChI is InChI=1S/C22H26N10O10P2S/c1-8-27-19-13(20(34)28-8)29-30-32(19)21-11-2-9(40-21)4-38-44(37,45)42-16-15(33)14(10-3-22(10,16)5-39-43(35,36)41-11)31-7-26-12-17(23)24-6-25-18(12)31/h6-7,9-11,14-16,21,33H,2-5H2,1H3,(H,35,36)(H,37,45)(H2,23,24,25)(H,27,28,34)/t9-,10+,11+,14+,15-,16-,21+,22?,44+/m0/s1. The zero-order valence-corrected chi connectivity index (χ0v) is 25.9. The summed E-state index contributed by atoms with van der Waals surface area (Å²) in [5.74, 6) is 0.0469. The number of phosphoric acid groups is 1. The Morgan fingerprint density at radius 2 is 2.00 bits per heavy atom. The van der Waals surface area contributed by atoms with E-state index in [1.807, 2.05) is 0 Å². The molecule has 0 aromatic carbocycles. The smallest absolute Gasteiger partial charge is 0.388 e. The number of rotatable bonds is 2. The maximum absolute atomic E-state index is 13.6. The first-order valence-electron chi connectivity index (χ1n) is 13.8. The molecule has 6 heterocycles. The molecule has 4 aliphatic rings. The van der Waals surface area contributed by atoms with Gasteiger partial charge in [-0.05, 0) is 19.3 Å². The van der Waals surface area contributed by atoms with Gasteiger partial charge in [0.05, 0.1) is 31.7 Å². The minimum absolute atomic E-state index is 0.0313. The molecule has 8 rings (SSSR count). The number of fused-ring (bicyclic) bond motifs is 4. The van der Waals surface area contributed by atoms with Crippen molar-refractivity contribution in [1.29, 1.82) is 0 Å². The predicted molar refractivity (Wildman–Crippen MR) is 153 cm³/mol. The lowest BCUT2D eigenvalue weighted by Gasteiger charge is -2.30. The number of nitrogens with zero attached hydrogens (tertiary/aromatic N) is 8. The van der Waals surface area contributed by atoms with Crippen LogP contribution >= 0.6 is 26.9 Å². The lowest BCUT2D eigenvalue weighted by atomic mass is 10.0. The van der Waals surface area contributed by atoms with E-state index in [-0.39, 0.29) is 41.8 Å². The van der Waals surface area contributed by atoms with Crippen LogP contribution in [0.3, 0.4) is 0 Å². The van der Waals surface area contributed by atoms with Crippen molar-refractivity contribution in [3.8, 4) is 0 Å². The third-order valence-electron chi connectivity index (χ3n) is 8.80. The summed E-state index contributed by atoms with van der Waals surface area (Å²) < 4.78 is 58.4. The average molecular weight is 685 g/mol. The van der Waals surface area contributed by atoms with E-state index in [1.54, 1.807) is 11.5 Å². The molecule has 1 spiro atoms. The largest absolute Gasteiger partial charge is 0.472 e. The van der Waals surface area contributed by atoms with Crippen molar-refractivity contribution in [3.05, 3.63) is 28.8 Å². The number of anilines is 1. The molecule has 45 heavy (non-hydrogen) atoms. The van der Waals surface area contributed by atoms with Crippen molar-refractivity contribution in [3.63, 3.8) is 0 Å². The normalized spacial score (nSPS) is 40.0. The number of phosphoric ester groups is 1. The fourth-order valence-electron chi connectivity index (χ4n) is 6.77. The Morgan fingerprint density at radius 1 is 1.18 bits per heavy atom. The van der Waals surface area contributed by atoms with E-state index in [4.69, 9.17) is 28.6 Å². The van der Waals surface area contributed by atoms with E-state index in [2.05, 4.69) is 47.5 Å². The van der Waals surface area contributed by atoms with Gasteiger partial charge in [-0.15, -0.1) is 5.10 Å². The van der Waals surface area contributed by atoms with E-state index in [0.717, 1.165) is 0 Å². The number of hydrogen-bond acceptors (Lipinski definition) is 16. The first kappa shape index (κ1) is 29.6. The average Bonchev–Trinajstić information content (AvgIpc) is 3.31. The number of aromatic amines is 1. The fraction of sp³-hybridized carbons (Fsp3) is 0.591. The molecule has 240 valence electrons. The number of aliphatic hydroxyl groups is 1. The lowest BCUT2D eigenvalue weighted by Crippen LogP contribution is -2.37. The predicted octanol–water partition coefficient (Wildman–Crippen LogP) is 0.410. The van der Waals surface area contributed by atoms with Gasteiger partial charge in [0.1, 0.15) is 36.0 Å². The highest BCUT2D eigenvalue weighted by Crippen LogP contribution is 2.73. The second-order valence-corrected chi connectivity index (χ2v) is 15.8. The third-order valence-corrected chi connectivity index (χ3v) is 11.4. The lowest BCUT2D eigenvalue weighted by molar-refractivity contribution is -0.0634. The molecule has 4 aromatic heterocycles. The van der Waals surface area contributed by atoms with Gasteiger partial charge in [0.2, 0.25) is 0 Å². The van der Waals surface area contributed by atoms with Crippen molar-refractivity contribution in [2.75, 3.05) is 18.9 Å². The highest BCUT2D eigenvalue weighted by molar-refractivity contribution is 8.44. The number of imidazole rings is 1. The van der Waals surface area contributed by atoms with E-state index in [1.165, 1.54) is 17.3 Å². The molecule has 20 nitrogen and oxygen atoms in total. The Labute approximate surface area is 256 Å². The molecule has 2 aliphatic heterocycles. The molecule has 4 fully saturated rings. The molecule has 2 saturated carbocycles. The van der Waals surface area contributed by atoms with Crippen LogP contribution in [0.25, 0.3) is 22.3 Å².